The van der Waals surface area contributed by atoms with Gasteiger partial charge in [0.2, 0.25) is 5.91 Å². The molecule has 0 spiro atoms. The maximum Gasteiger partial charge on any atom is 0.257 e. The van der Waals surface area contributed by atoms with Crippen molar-refractivity contribution in [3.63, 3.8) is 0 Å². The molecule has 0 saturated carbocycles. The van der Waals surface area contributed by atoms with Crippen LogP contribution in [0, 0.1) is 5.92 Å². The van der Waals surface area contributed by atoms with Crippen LogP contribution in [-0.4, -0.2) is 17.9 Å². The van der Waals surface area contributed by atoms with E-state index in [2.05, 4.69) is 5.32 Å². The number of imide groups is 1. The Labute approximate surface area is 94.8 Å². The molecule has 1 rings (SSSR count). The number of carbonyl (C=O) groups is 2. The van der Waals surface area contributed by atoms with Crippen molar-refractivity contribution >= 4 is 11.8 Å². The number of carbonyl (C=O) groups excluding carboxylic acids is 2. The van der Waals surface area contributed by atoms with Crippen LogP contribution in [0.3, 0.4) is 0 Å². The highest BCUT2D eigenvalue weighted by Crippen LogP contribution is 2.01. The molecule has 0 fully saturated rings. The number of nitrogens with two attached hydrogens (primary N) is 1. The third-order valence-corrected chi connectivity index (χ3v) is 2.29. The third-order valence-electron chi connectivity index (χ3n) is 2.29. The minimum atomic E-state index is -0.660. The molecule has 4 heteroatoms. The van der Waals surface area contributed by atoms with Gasteiger partial charge in [-0.25, -0.2) is 0 Å². The molecule has 0 aliphatic carbocycles. The molecule has 2 amide bonds. The van der Waals surface area contributed by atoms with Gasteiger partial charge in [-0.05, 0) is 18.1 Å². The minimum absolute atomic E-state index is 0.00331. The van der Waals surface area contributed by atoms with Crippen molar-refractivity contribution in [2.75, 3.05) is 0 Å². The van der Waals surface area contributed by atoms with E-state index in [9.17, 15) is 9.59 Å². The summed E-state index contributed by atoms with van der Waals surface area (Å²) in [7, 11) is 0. The van der Waals surface area contributed by atoms with Crippen molar-refractivity contribution in [3.05, 3.63) is 35.9 Å². The van der Waals surface area contributed by atoms with E-state index in [4.69, 9.17) is 5.73 Å². The fourth-order valence-electron chi connectivity index (χ4n) is 1.16. The van der Waals surface area contributed by atoms with Gasteiger partial charge in [-0.1, -0.05) is 32.0 Å². The van der Waals surface area contributed by atoms with Gasteiger partial charge in [-0.2, -0.15) is 0 Å². The van der Waals surface area contributed by atoms with E-state index in [0.29, 0.717) is 5.56 Å². The Hall–Kier alpha value is -1.68. The SMILES string of the molecule is CC(C)[C@H](N)C(=O)NC(=O)c1ccccc1. The smallest absolute Gasteiger partial charge is 0.257 e. The Morgan fingerprint density at radius 2 is 1.75 bits per heavy atom. The number of benzene rings is 1. The number of hydrogen-bond donors (Lipinski definition) is 2. The lowest BCUT2D eigenvalue weighted by molar-refractivity contribution is -0.122. The highest BCUT2D eigenvalue weighted by molar-refractivity contribution is 6.06. The second-order valence-corrected chi connectivity index (χ2v) is 3.95. The second-order valence-electron chi connectivity index (χ2n) is 3.95. The van der Waals surface area contributed by atoms with Crippen molar-refractivity contribution in [3.8, 4) is 0 Å². The minimum Gasteiger partial charge on any atom is -0.320 e. The van der Waals surface area contributed by atoms with Crippen molar-refractivity contribution in [2.24, 2.45) is 11.7 Å². The van der Waals surface area contributed by atoms with Crippen molar-refractivity contribution < 1.29 is 9.59 Å². The first-order chi connectivity index (χ1) is 7.52. The van der Waals surface area contributed by atoms with Crippen LogP contribution < -0.4 is 11.1 Å². The van der Waals surface area contributed by atoms with Crippen LogP contribution in [0.15, 0.2) is 30.3 Å². The molecule has 0 heterocycles. The van der Waals surface area contributed by atoms with E-state index in [1.807, 2.05) is 13.8 Å². The summed E-state index contributed by atoms with van der Waals surface area (Å²) in [6.45, 7) is 3.66. The zero-order valence-electron chi connectivity index (χ0n) is 9.44. The van der Waals surface area contributed by atoms with Crippen LogP contribution in [0.2, 0.25) is 0 Å². The lowest BCUT2D eigenvalue weighted by atomic mass is 10.0. The predicted molar refractivity (Wildman–Crippen MR) is 61.7 cm³/mol. The second kappa shape index (κ2) is 5.42. The van der Waals surface area contributed by atoms with Crippen LogP contribution >= 0.6 is 0 Å². The highest BCUT2D eigenvalue weighted by atomic mass is 16.2. The largest absolute Gasteiger partial charge is 0.320 e. The van der Waals surface area contributed by atoms with E-state index in [0.717, 1.165) is 0 Å². The van der Waals surface area contributed by atoms with Gasteiger partial charge < -0.3 is 5.73 Å². The molecular weight excluding hydrogens is 204 g/mol. The molecule has 16 heavy (non-hydrogen) atoms. The average Bonchev–Trinajstić information content (AvgIpc) is 2.28. The van der Waals surface area contributed by atoms with Gasteiger partial charge in [0.15, 0.2) is 0 Å². The summed E-state index contributed by atoms with van der Waals surface area (Å²) in [4.78, 5) is 23.1. The molecule has 1 aromatic carbocycles. The molecule has 4 nitrogen and oxygen atoms in total. The molecule has 1 aromatic rings. The zero-order valence-corrected chi connectivity index (χ0v) is 9.44. The Kier molecular flexibility index (Phi) is 4.19. The Morgan fingerprint density at radius 3 is 2.25 bits per heavy atom. The summed E-state index contributed by atoms with van der Waals surface area (Å²) in [5.41, 5.74) is 6.07. The first-order valence-electron chi connectivity index (χ1n) is 5.18. The molecule has 0 unspecified atom stereocenters. The molecule has 86 valence electrons. The van der Waals surface area contributed by atoms with Crippen LogP contribution in [-0.2, 0) is 4.79 Å². The van der Waals surface area contributed by atoms with E-state index >= 15 is 0 Å². The highest BCUT2D eigenvalue weighted by Gasteiger charge is 2.19. The zero-order chi connectivity index (χ0) is 12.1. The molecule has 0 saturated heterocycles. The number of nitrogens with one attached hydrogen (secondary N) is 1. The van der Waals surface area contributed by atoms with Gasteiger partial charge in [0, 0.05) is 5.56 Å². The topological polar surface area (TPSA) is 72.2 Å². The van der Waals surface area contributed by atoms with E-state index in [1.54, 1.807) is 30.3 Å². The molecular formula is C12H16N2O2. The standard InChI is InChI=1S/C12H16N2O2/c1-8(2)10(13)12(16)14-11(15)9-6-4-3-5-7-9/h3-8,10H,13H2,1-2H3,(H,14,15,16)/t10-/m0/s1. The van der Waals surface area contributed by atoms with Crippen LogP contribution in [0.5, 0.6) is 0 Å². The van der Waals surface area contributed by atoms with E-state index in [-0.39, 0.29) is 5.92 Å². The first kappa shape index (κ1) is 12.4. The molecule has 0 aromatic heterocycles. The average molecular weight is 220 g/mol. The maximum atomic E-state index is 11.6. The number of amides is 2. The Morgan fingerprint density at radius 1 is 1.19 bits per heavy atom. The van der Waals surface area contributed by atoms with Crippen molar-refractivity contribution in [2.45, 2.75) is 19.9 Å². The van der Waals surface area contributed by atoms with Crippen LogP contribution in [0.25, 0.3) is 0 Å². The fraction of sp³-hybridized carbons (Fsp3) is 0.333. The summed E-state index contributed by atoms with van der Waals surface area (Å²) in [5.74, 6) is -0.853. The molecule has 0 aliphatic rings. The lowest BCUT2D eigenvalue weighted by Crippen LogP contribution is -2.46. The molecule has 0 aliphatic heterocycles. The molecule has 0 radical (unpaired) electrons. The summed E-state index contributed by atoms with van der Waals surface area (Å²) in [6.07, 6.45) is 0. The molecule has 1 atom stereocenters. The van der Waals surface area contributed by atoms with Gasteiger partial charge in [0.25, 0.3) is 5.91 Å². The third kappa shape index (κ3) is 3.17. The normalized spacial score (nSPS) is 12.2. The number of rotatable bonds is 3. The van der Waals surface area contributed by atoms with Gasteiger partial charge in [0.05, 0.1) is 6.04 Å². The van der Waals surface area contributed by atoms with Gasteiger partial charge in [0.1, 0.15) is 0 Å². The van der Waals surface area contributed by atoms with E-state index < -0.39 is 17.9 Å². The summed E-state index contributed by atoms with van der Waals surface area (Å²) < 4.78 is 0. The summed E-state index contributed by atoms with van der Waals surface area (Å²) >= 11 is 0. The first-order valence-corrected chi connectivity index (χ1v) is 5.18. The Balaban J connectivity index is 2.62. The number of hydrogen-bond acceptors (Lipinski definition) is 3. The lowest BCUT2D eigenvalue weighted by Gasteiger charge is -2.14. The van der Waals surface area contributed by atoms with Gasteiger partial charge in [-0.3, -0.25) is 14.9 Å². The summed E-state index contributed by atoms with van der Waals surface area (Å²) in [6, 6.07) is 7.90. The van der Waals surface area contributed by atoms with Crippen LogP contribution in [0.1, 0.15) is 24.2 Å². The van der Waals surface area contributed by atoms with Gasteiger partial charge in [-0.15, -0.1) is 0 Å². The van der Waals surface area contributed by atoms with Crippen LogP contribution in [0.4, 0.5) is 0 Å². The van der Waals surface area contributed by atoms with Crippen molar-refractivity contribution in [1.82, 2.24) is 5.32 Å². The molecule has 0 bridgehead atoms. The Bertz CT molecular complexity index is 374. The maximum absolute atomic E-state index is 11.6. The monoisotopic (exact) mass is 220 g/mol. The quantitative estimate of drug-likeness (QED) is 0.795. The fourth-order valence-corrected chi connectivity index (χ4v) is 1.16. The van der Waals surface area contributed by atoms with Crippen molar-refractivity contribution in [1.29, 1.82) is 0 Å². The molecule has 3 N–H and O–H groups in total. The van der Waals surface area contributed by atoms with E-state index in [1.165, 1.54) is 0 Å². The van der Waals surface area contributed by atoms with Gasteiger partial charge >= 0.3 is 0 Å². The summed E-state index contributed by atoms with van der Waals surface area (Å²) in [5, 5.41) is 2.27. The predicted octanol–water partition coefficient (Wildman–Crippen LogP) is 0.926.